The molecular weight excluding hydrogens is 333 g/mol. The van der Waals surface area contributed by atoms with E-state index < -0.39 is 9.05 Å². The van der Waals surface area contributed by atoms with E-state index in [1.54, 1.807) is 4.90 Å². The van der Waals surface area contributed by atoms with E-state index in [4.69, 9.17) is 22.3 Å². The van der Waals surface area contributed by atoms with Crippen LogP contribution in [0.3, 0.4) is 0 Å². The third kappa shape index (κ3) is 3.35. The molecule has 2 fully saturated rings. The fraction of sp³-hybridized carbons (Fsp3) is 0.500. The summed E-state index contributed by atoms with van der Waals surface area (Å²) in [5, 5.41) is 0.128. The minimum Gasteiger partial charge on any atom is -0.335 e. The second kappa shape index (κ2) is 5.45. The van der Waals surface area contributed by atoms with E-state index in [-0.39, 0.29) is 27.4 Å². The molecule has 21 heavy (non-hydrogen) atoms. The summed E-state index contributed by atoms with van der Waals surface area (Å²) in [4.78, 5) is 14.4. The van der Waals surface area contributed by atoms with Crippen LogP contribution in [-0.2, 0) is 9.05 Å². The first-order chi connectivity index (χ1) is 9.88. The Morgan fingerprint density at radius 2 is 1.90 bits per heavy atom. The van der Waals surface area contributed by atoms with Crippen LogP contribution in [0.2, 0.25) is 5.02 Å². The zero-order valence-electron chi connectivity index (χ0n) is 11.3. The predicted octanol–water partition coefficient (Wildman–Crippen LogP) is 3.28. The molecule has 0 spiro atoms. The molecular formula is C14H15Cl2NO3S. The van der Waals surface area contributed by atoms with E-state index in [0.717, 1.165) is 25.7 Å². The van der Waals surface area contributed by atoms with Crippen LogP contribution in [0.5, 0.6) is 0 Å². The lowest BCUT2D eigenvalue weighted by Crippen LogP contribution is -2.35. The third-order valence-electron chi connectivity index (χ3n) is 3.85. The van der Waals surface area contributed by atoms with Crippen molar-refractivity contribution in [3.63, 3.8) is 0 Å². The van der Waals surface area contributed by atoms with Gasteiger partial charge in [-0.2, -0.15) is 0 Å². The van der Waals surface area contributed by atoms with Gasteiger partial charge in [0.2, 0.25) is 0 Å². The average molecular weight is 348 g/mol. The smallest absolute Gasteiger partial charge is 0.262 e. The van der Waals surface area contributed by atoms with Gasteiger partial charge in [0.25, 0.3) is 15.0 Å². The first kappa shape index (κ1) is 15.1. The van der Waals surface area contributed by atoms with Crippen LogP contribution in [0.1, 0.15) is 36.0 Å². The number of benzene rings is 1. The summed E-state index contributed by atoms with van der Waals surface area (Å²) in [7, 11) is 1.43. The van der Waals surface area contributed by atoms with E-state index >= 15 is 0 Å². The zero-order valence-corrected chi connectivity index (χ0v) is 13.6. The fourth-order valence-corrected chi connectivity index (χ4v) is 3.80. The van der Waals surface area contributed by atoms with Gasteiger partial charge in [-0.1, -0.05) is 17.7 Å². The molecule has 0 heterocycles. The fourth-order valence-electron chi connectivity index (χ4n) is 2.42. The van der Waals surface area contributed by atoms with Crippen LogP contribution >= 0.6 is 22.3 Å². The first-order valence-corrected chi connectivity index (χ1v) is 9.61. The Morgan fingerprint density at radius 1 is 1.24 bits per heavy atom. The van der Waals surface area contributed by atoms with Crippen molar-refractivity contribution in [1.82, 2.24) is 4.90 Å². The summed E-state index contributed by atoms with van der Waals surface area (Å²) >= 11 is 6.08. The van der Waals surface area contributed by atoms with Gasteiger partial charge in [0.1, 0.15) is 0 Å². The number of amides is 1. The van der Waals surface area contributed by atoms with Crippen molar-refractivity contribution in [3.05, 3.63) is 28.8 Å². The SMILES string of the molecule is O=C(c1c(Cl)cccc1S(=O)(=O)Cl)N(CC1CC1)C1CC1. The highest BCUT2D eigenvalue weighted by atomic mass is 35.7. The number of halogens is 2. The Balaban J connectivity index is 1.99. The van der Waals surface area contributed by atoms with Crippen LogP contribution in [0.4, 0.5) is 0 Å². The van der Waals surface area contributed by atoms with E-state index in [2.05, 4.69) is 0 Å². The summed E-state index contributed by atoms with van der Waals surface area (Å²) in [6.45, 7) is 0.677. The largest absolute Gasteiger partial charge is 0.335 e. The molecule has 0 saturated heterocycles. The monoisotopic (exact) mass is 347 g/mol. The van der Waals surface area contributed by atoms with Gasteiger partial charge in [-0.05, 0) is 43.7 Å². The van der Waals surface area contributed by atoms with Gasteiger partial charge < -0.3 is 4.90 Å². The van der Waals surface area contributed by atoms with Crippen molar-refractivity contribution in [2.24, 2.45) is 5.92 Å². The number of carbonyl (C=O) groups is 1. The molecule has 2 aliphatic rings. The highest BCUT2D eigenvalue weighted by Crippen LogP contribution is 2.37. The summed E-state index contributed by atoms with van der Waals surface area (Å²) in [5.74, 6) is 0.210. The molecule has 1 aromatic rings. The van der Waals surface area contributed by atoms with Crippen molar-refractivity contribution in [2.45, 2.75) is 36.6 Å². The molecule has 0 aliphatic heterocycles. The summed E-state index contributed by atoms with van der Waals surface area (Å²) in [6.07, 6.45) is 4.18. The molecule has 0 atom stereocenters. The Hall–Kier alpha value is -0.780. The Kier molecular flexibility index (Phi) is 3.93. The van der Waals surface area contributed by atoms with E-state index in [1.165, 1.54) is 18.2 Å². The summed E-state index contributed by atoms with van der Waals surface area (Å²) < 4.78 is 23.4. The molecule has 2 saturated carbocycles. The second-order valence-electron chi connectivity index (χ2n) is 5.68. The van der Waals surface area contributed by atoms with Gasteiger partial charge in [0.05, 0.1) is 15.5 Å². The topological polar surface area (TPSA) is 54.5 Å². The summed E-state index contributed by atoms with van der Waals surface area (Å²) in [5.41, 5.74) is 0.00159. The summed E-state index contributed by atoms with van der Waals surface area (Å²) in [6, 6.07) is 4.53. The van der Waals surface area contributed by atoms with Crippen molar-refractivity contribution in [3.8, 4) is 0 Å². The van der Waals surface area contributed by atoms with Gasteiger partial charge in [-0.3, -0.25) is 4.79 Å². The van der Waals surface area contributed by atoms with Crippen LogP contribution in [0, 0.1) is 5.92 Å². The lowest BCUT2D eigenvalue weighted by Gasteiger charge is -2.23. The van der Waals surface area contributed by atoms with Gasteiger partial charge in [-0.15, -0.1) is 0 Å². The van der Waals surface area contributed by atoms with Gasteiger partial charge in [0, 0.05) is 23.3 Å². The van der Waals surface area contributed by atoms with Crippen molar-refractivity contribution >= 4 is 37.2 Å². The second-order valence-corrected chi connectivity index (χ2v) is 8.62. The Bertz CT molecular complexity index is 681. The number of carbonyl (C=O) groups excluding carboxylic acids is 1. The Labute approximate surface area is 133 Å². The normalized spacial score (nSPS) is 18.6. The molecule has 114 valence electrons. The van der Waals surface area contributed by atoms with E-state index in [9.17, 15) is 13.2 Å². The number of hydrogen-bond donors (Lipinski definition) is 0. The van der Waals surface area contributed by atoms with Crippen molar-refractivity contribution < 1.29 is 13.2 Å². The molecule has 2 aliphatic carbocycles. The average Bonchev–Trinajstić information content (AvgIpc) is 3.25. The molecule has 4 nitrogen and oxygen atoms in total. The van der Waals surface area contributed by atoms with Crippen molar-refractivity contribution in [1.29, 1.82) is 0 Å². The maximum Gasteiger partial charge on any atom is 0.262 e. The van der Waals surface area contributed by atoms with Gasteiger partial charge in [-0.25, -0.2) is 8.42 Å². The van der Waals surface area contributed by atoms with Crippen LogP contribution in [0.25, 0.3) is 0 Å². The maximum absolute atomic E-state index is 12.8. The Morgan fingerprint density at radius 3 is 2.43 bits per heavy atom. The van der Waals surface area contributed by atoms with Crippen LogP contribution < -0.4 is 0 Å². The lowest BCUT2D eigenvalue weighted by molar-refractivity contribution is 0.0731. The minimum atomic E-state index is -4.01. The molecule has 0 radical (unpaired) electrons. The third-order valence-corrected chi connectivity index (χ3v) is 5.53. The molecule has 1 amide bonds. The number of rotatable bonds is 5. The van der Waals surface area contributed by atoms with Gasteiger partial charge in [0.15, 0.2) is 0 Å². The molecule has 3 rings (SSSR count). The van der Waals surface area contributed by atoms with E-state index in [0.29, 0.717) is 12.5 Å². The number of nitrogens with zero attached hydrogens (tertiary/aromatic N) is 1. The highest BCUT2D eigenvalue weighted by Gasteiger charge is 2.38. The van der Waals surface area contributed by atoms with Crippen LogP contribution in [0.15, 0.2) is 23.1 Å². The molecule has 7 heteroatoms. The molecule has 0 bridgehead atoms. The molecule has 0 aromatic heterocycles. The molecule has 0 unspecified atom stereocenters. The zero-order chi connectivity index (χ0) is 15.2. The quantitative estimate of drug-likeness (QED) is 0.768. The number of hydrogen-bond acceptors (Lipinski definition) is 3. The first-order valence-electron chi connectivity index (χ1n) is 6.92. The molecule has 0 N–H and O–H groups in total. The minimum absolute atomic E-state index is 0.00159. The van der Waals surface area contributed by atoms with Crippen LogP contribution in [-0.4, -0.2) is 31.8 Å². The predicted molar refractivity (Wildman–Crippen MR) is 81.3 cm³/mol. The lowest BCUT2D eigenvalue weighted by atomic mass is 10.2. The highest BCUT2D eigenvalue weighted by molar-refractivity contribution is 8.13. The standard InChI is InChI=1S/C14H15Cl2NO3S/c15-11-2-1-3-12(21(16,19)20)13(11)14(18)17(10-6-7-10)8-9-4-5-9/h1-3,9-10H,4-8H2. The molecule has 1 aromatic carbocycles. The maximum atomic E-state index is 12.8. The van der Waals surface area contributed by atoms with Crippen molar-refractivity contribution in [2.75, 3.05) is 6.54 Å². The van der Waals surface area contributed by atoms with Gasteiger partial charge >= 0.3 is 0 Å². The van der Waals surface area contributed by atoms with E-state index in [1.807, 2.05) is 0 Å².